The minimum absolute atomic E-state index is 0.220. The summed E-state index contributed by atoms with van der Waals surface area (Å²) >= 11 is 1.83. The molecule has 0 aliphatic carbocycles. The summed E-state index contributed by atoms with van der Waals surface area (Å²) in [6.45, 7) is 5.90. The second-order valence-corrected chi connectivity index (χ2v) is 9.72. The largest absolute Gasteiger partial charge is 0.392 e. The highest BCUT2D eigenvalue weighted by atomic mass is 32.1. The van der Waals surface area contributed by atoms with Gasteiger partial charge in [-0.2, -0.15) is 0 Å². The number of fused-ring (bicyclic) bond motifs is 1. The summed E-state index contributed by atoms with van der Waals surface area (Å²) in [5, 5.41) is 14.3. The third-order valence-electron chi connectivity index (χ3n) is 6.59. The molecule has 29 heavy (non-hydrogen) atoms. The van der Waals surface area contributed by atoms with Crippen molar-refractivity contribution >= 4 is 21.4 Å². The van der Waals surface area contributed by atoms with Gasteiger partial charge in [0.25, 0.3) is 0 Å². The van der Waals surface area contributed by atoms with Crippen molar-refractivity contribution in [3.8, 4) is 0 Å². The summed E-state index contributed by atoms with van der Waals surface area (Å²) in [6, 6.07) is 8.66. The molecule has 4 heterocycles. The van der Waals surface area contributed by atoms with E-state index in [1.807, 2.05) is 23.7 Å². The minimum atomic E-state index is -0.220. The SMILES string of the molecule is OC1CN(Cc2csc3ccccc23)CC2(CCN(Cc3cncnc3)CC2)C1. The number of piperidine rings is 2. The normalized spacial score (nSPS) is 23.0. The zero-order valence-electron chi connectivity index (χ0n) is 16.7. The number of thiophene rings is 1. The summed E-state index contributed by atoms with van der Waals surface area (Å²) in [7, 11) is 0. The predicted octanol–water partition coefficient (Wildman–Crippen LogP) is 3.54. The van der Waals surface area contributed by atoms with Gasteiger partial charge in [-0.1, -0.05) is 18.2 Å². The molecule has 3 aromatic rings. The van der Waals surface area contributed by atoms with Gasteiger partial charge in [0.05, 0.1) is 6.10 Å². The Morgan fingerprint density at radius 1 is 1.07 bits per heavy atom. The molecule has 0 radical (unpaired) electrons. The Balaban J connectivity index is 1.24. The third-order valence-corrected chi connectivity index (χ3v) is 7.60. The van der Waals surface area contributed by atoms with Crippen LogP contribution in [0.25, 0.3) is 10.1 Å². The molecular weight excluding hydrogens is 380 g/mol. The van der Waals surface area contributed by atoms with Crippen LogP contribution in [-0.4, -0.2) is 57.2 Å². The van der Waals surface area contributed by atoms with Crippen LogP contribution < -0.4 is 0 Å². The van der Waals surface area contributed by atoms with Crippen molar-refractivity contribution in [3.05, 3.63) is 59.5 Å². The van der Waals surface area contributed by atoms with Gasteiger partial charge in [0.2, 0.25) is 0 Å². The monoisotopic (exact) mass is 408 g/mol. The van der Waals surface area contributed by atoms with Crippen LogP contribution in [0.15, 0.2) is 48.4 Å². The Bertz CT molecular complexity index is 952. The first-order chi connectivity index (χ1) is 14.2. The molecule has 0 amide bonds. The van der Waals surface area contributed by atoms with Crippen LogP contribution in [0.1, 0.15) is 30.4 Å². The molecule has 1 spiro atoms. The van der Waals surface area contributed by atoms with Gasteiger partial charge in [0.1, 0.15) is 6.33 Å². The van der Waals surface area contributed by atoms with Crippen LogP contribution >= 0.6 is 11.3 Å². The second-order valence-electron chi connectivity index (χ2n) is 8.81. The Kier molecular flexibility index (Phi) is 5.35. The maximum atomic E-state index is 10.7. The molecular formula is C23H28N4OS. The van der Waals surface area contributed by atoms with E-state index in [0.717, 1.165) is 58.5 Å². The van der Waals surface area contributed by atoms with Gasteiger partial charge in [0.15, 0.2) is 0 Å². The van der Waals surface area contributed by atoms with Gasteiger partial charge >= 0.3 is 0 Å². The first-order valence-corrected chi connectivity index (χ1v) is 11.4. The molecule has 2 aromatic heterocycles. The highest BCUT2D eigenvalue weighted by molar-refractivity contribution is 7.17. The van der Waals surface area contributed by atoms with E-state index in [1.165, 1.54) is 21.2 Å². The molecule has 1 aromatic carbocycles. The van der Waals surface area contributed by atoms with E-state index in [9.17, 15) is 5.11 Å². The Morgan fingerprint density at radius 3 is 2.69 bits per heavy atom. The van der Waals surface area contributed by atoms with Gasteiger partial charge < -0.3 is 5.11 Å². The van der Waals surface area contributed by atoms with Crippen molar-refractivity contribution in [3.63, 3.8) is 0 Å². The molecule has 2 aliphatic heterocycles. The van der Waals surface area contributed by atoms with E-state index >= 15 is 0 Å². The number of hydrogen-bond donors (Lipinski definition) is 1. The fourth-order valence-electron chi connectivity index (χ4n) is 5.20. The first kappa shape index (κ1) is 19.1. The molecule has 1 atom stereocenters. The Hall–Kier alpha value is -1.86. The second kappa shape index (κ2) is 8.11. The Labute approximate surface area is 176 Å². The van der Waals surface area contributed by atoms with Gasteiger partial charge in [-0.05, 0) is 60.2 Å². The van der Waals surface area contributed by atoms with Crippen LogP contribution in [0.4, 0.5) is 0 Å². The molecule has 2 aliphatic rings. The average Bonchev–Trinajstić information content (AvgIpc) is 3.13. The molecule has 0 saturated carbocycles. The fraction of sp³-hybridized carbons (Fsp3) is 0.478. The number of aliphatic hydroxyl groups excluding tert-OH is 1. The summed E-state index contributed by atoms with van der Waals surface area (Å²) in [5.41, 5.74) is 2.82. The lowest BCUT2D eigenvalue weighted by molar-refractivity contribution is -0.0445. The number of benzene rings is 1. The third kappa shape index (κ3) is 4.21. The molecule has 1 unspecified atom stereocenters. The number of hydrogen-bond acceptors (Lipinski definition) is 6. The number of aliphatic hydroxyl groups is 1. The molecule has 5 nitrogen and oxygen atoms in total. The van der Waals surface area contributed by atoms with Crippen molar-refractivity contribution < 1.29 is 5.11 Å². The maximum Gasteiger partial charge on any atom is 0.115 e. The van der Waals surface area contributed by atoms with Crippen molar-refractivity contribution in [2.24, 2.45) is 5.41 Å². The summed E-state index contributed by atoms with van der Waals surface area (Å²) in [4.78, 5) is 13.3. The molecule has 2 saturated heterocycles. The highest BCUT2D eigenvalue weighted by Crippen LogP contribution is 2.41. The fourth-order valence-corrected chi connectivity index (χ4v) is 6.15. The topological polar surface area (TPSA) is 52.5 Å². The smallest absolute Gasteiger partial charge is 0.115 e. The molecule has 5 rings (SSSR count). The lowest BCUT2D eigenvalue weighted by atomic mass is 9.71. The Morgan fingerprint density at radius 2 is 1.86 bits per heavy atom. The molecule has 2 fully saturated rings. The van der Waals surface area contributed by atoms with Gasteiger partial charge in [0, 0.05) is 48.8 Å². The number of β-amino-alcohol motifs (C(OH)–C–C–N with tert-alkyl or cyclic N) is 1. The number of nitrogens with zero attached hydrogens (tertiary/aromatic N) is 4. The molecule has 1 N–H and O–H groups in total. The molecule has 6 heteroatoms. The van der Waals surface area contributed by atoms with E-state index < -0.39 is 0 Å². The summed E-state index contributed by atoms with van der Waals surface area (Å²) in [5.74, 6) is 0. The van der Waals surface area contributed by atoms with Crippen LogP contribution in [0.2, 0.25) is 0 Å². The van der Waals surface area contributed by atoms with Crippen molar-refractivity contribution in [1.82, 2.24) is 19.8 Å². The van der Waals surface area contributed by atoms with Crippen LogP contribution in [0.3, 0.4) is 0 Å². The van der Waals surface area contributed by atoms with Crippen LogP contribution in [0, 0.1) is 5.41 Å². The molecule has 0 bridgehead atoms. The van der Waals surface area contributed by atoms with Crippen LogP contribution in [-0.2, 0) is 13.1 Å². The summed E-state index contributed by atoms with van der Waals surface area (Å²) < 4.78 is 1.35. The van der Waals surface area contributed by atoms with Crippen molar-refractivity contribution in [1.29, 1.82) is 0 Å². The van der Waals surface area contributed by atoms with Gasteiger partial charge in [-0.3, -0.25) is 9.80 Å². The van der Waals surface area contributed by atoms with Crippen LogP contribution in [0.5, 0.6) is 0 Å². The van der Waals surface area contributed by atoms with Crippen molar-refractivity contribution in [2.45, 2.75) is 38.5 Å². The summed E-state index contributed by atoms with van der Waals surface area (Å²) in [6.07, 6.45) is 8.43. The standard InChI is InChI=1S/C23H28N4OS/c28-20-9-23(5-7-26(8-6-23)12-18-10-24-17-25-11-18)16-27(14-20)13-19-15-29-22-4-2-1-3-21(19)22/h1-4,10-11,15,17,20,28H,5-9,12-14,16H2. The number of rotatable bonds is 4. The zero-order chi connectivity index (χ0) is 19.7. The van der Waals surface area contributed by atoms with E-state index in [4.69, 9.17) is 0 Å². The number of likely N-dealkylation sites (tertiary alicyclic amines) is 2. The molecule has 152 valence electrons. The highest BCUT2D eigenvalue weighted by Gasteiger charge is 2.41. The predicted molar refractivity (Wildman–Crippen MR) is 117 cm³/mol. The lowest BCUT2D eigenvalue weighted by Gasteiger charge is -2.49. The average molecular weight is 409 g/mol. The first-order valence-electron chi connectivity index (χ1n) is 10.5. The maximum absolute atomic E-state index is 10.7. The van der Waals surface area contributed by atoms with Gasteiger partial charge in [-0.15, -0.1) is 11.3 Å². The quantitative estimate of drug-likeness (QED) is 0.716. The van der Waals surface area contributed by atoms with E-state index in [0.29, 0.717) is 0 Å². The zero-order valence-corrected chi connectivity index (χ0v) is 17.5. The lowest BCUT2D eigenvalue weighted by Crippen LogP contribution is -2.53. The van der Waals surface area contributed by atoms with E-state index in [1.54, 1.807) is 6.33 Å². The van der Waals surface area contributed by atoms with Crippen molar-refractivity contribution in [2.75, 3.05) is 26.2 Å². The van der Waals surface area contributed by atoms with E-state index in [-0.39, 0.29) is 11.5 Å². The van der Waals surface area contributed by atoms with Gasteiger partial charge in [-0.25, -0.2) is 9.97 Å². The minimum Gasteiger partial charge on any atom is -0.392 e. The number of aromatic nitrogens is 2. The van der Waals surface area contributed by atoms with E-state index in [2.05, 4.69) is 49.4 Å².